The van der Waals surface area contributed by atoms with Gasteiger partial charge in [-0.15, -0.1) is 11.3 Å². The van der Waals surface area contributed by atoms with Crippen molar-refractivity contribution >= 4 is 27.1 Å². The van der Waals surface area contributed by atoms with Crippen LogP contribution in [0.25, 0.3) is 0 Å². The Morgan fingerprint density at radius 3 is 2.77 bits per heavy atom. The number of nitrogens with zero attached hydrogens (tertiary/aromatic N) is 1. The molecule has 0 N–H and O–H groups in total. The summed E-state index contributed by atoms with van der Waals surface area (Å²) in [6, 6.07) is 10.7. The molecular formula is C18H21NO5S2. The number of carbonyl (C=O) groups excluding carboxylic acids is 1. The first-order chi connectivity index (χ1) is 12.5. The van der Waals surface area contributed by atoms with Crippen molar-refractivity contribution in [3.8, 4) is 11.5 Å². The zero-order chi connectivity index (χ0) is 18.6. The molecule has 1 aromatic heterocycles. The minimum Gasteiger partial charge on any atom is -0.497 e. The summed E-state index contributed by atoms with van der Waals surface area (Å²) < 4.78 is 35.7. The molecule has 0 radical (unpaired) electrons. The van der Waals surface area contributed by atoms with Crippen LogP contribution in [0.3, 0.4) is 0 Å². The van der Waals surface area contributed by atoms with Crippen LogP contribution in [0.5, 0.6) is 11.5 Å². The molecule has 1 amide bonds. The minimum atomic E-state index is -3.27. The highest BCUT2D eigenvalue weighted by Crippen LogP contribution is 2.32. The van der Waals surface area contributed by atoms with Gasteiger partial charge in [0.2, 0.25) is 0 Å². The van der Waals surface area contributed by atoms with Gasteiger partial charge in [-0.3, -0.25) is 4.79 Å². The van der Waals surface area contributed by atoms with E-state index in [0.717, 1.165) is 4.88 Å². The third kappa shape index (κ3) is 4.37. The number of benzene rings is 1. The van der Waals surface area contributed by atoms with E-state index in [1.807, 2.05) is 17.5 Å². The van der Waals surface area contributed by atoms with E-state index in [0.29, 0.717) is 24.5 Å². The Kier molecular flexibility index (Phi) is 5.83. The smallest absolute Gasteiger partial charge is 0.260 e. The van der Waals surface area contributed by atoms with Crippen molar-refractivity contribution in [3.05, 3.63) is 46.7 Å². The number of sulfone groups is 1. The van der Waals surface area contributed by atoms with E-state index >= 15 is 0 Å². The molecule has 1 unspecified atom stereocenters. The van der Waals surface area contributed by atoms with E-state index in [4.69, 9.17) is 9.47 Å². The van der Waals surface area contributed by atoms with Crippen molar-refractivity contribution in [1.29, 1.82) is 0 Å². The molecule has 1 fully saturated rings. The molecule has 2 aromatic rings. The molecule has 0 saturated carbocycles. The first-order valence-corrected chi connectivity index (χ1v) is 10.9. The summed E-state index contributed by atoms with van der Waals surface area (Å²) in [5, 5.41) is 1.35. The van der Waals surface area contributed by atoms with E-state index in [1.54, 1.807) is 36.3 Å². The fourth-order valence-electron chi connectivity index (χ4n) is 2.91. The van der Waals surface area contributed by atoms with E-state index < -0.39 is 15.1 Å². The zero-order valence-electron chi connectivity index (χ0n) is 14.5. The van der Waals surface area contributed by atoms with E-state index in [9.17, 15) is 13.2 Å². The normalized spacial score (nSPS) is 19.6. The van der Waals surface area contributed by atoms with Gasteiger partial charge in [0, 0.05) is 24.0 Å². The lowest BCUT2D eigenvalue weighted by molar-refractivity contribution is -0.133. The zero-order valence-corrected chi connectivity index (χ0v) is 16.1. The van der Waals surface area contributed by atoms with Crippen molar-refractivity contribution in [2.45, 2.75) is 11.7 Å². The number of amides is 1. The van der Waals surface area contributed by atoms with Gasteiger partial charge < -0.3 is 14.4 Å². The van der Waals surface area contributed by atoms with E-state index in [1.165, 1.54) is 11.3 Å². The van der Waals surface area contributed by atoms with Crippen LogP contribution in [-0.2, 0) is 14.6 Å². The molecule has 0 spiro atoms. The summed E-state index contributed by atoms with van der Waals surface area (Å²) in [6.07, 6.45) is 0.410. The Morgan fingerprint density at radius 1 is 1.23 bits per heavy atom. The predicted octanol–water partition coefficient (Wildman–Crippen LogP) is 2.52. The van der Waals surface area contributed by atoms with Crippen LogP contribution in [0.2, 0.25) is 0 Å². The second kappa shape index (κ2) is 8.09. The SMILES string of the molecule is COc1cccc(OCC(=O)N2CCC(c3cccs3)S(=O)(=O)CC2)c1. The average molecular weight is 396 g/mol. The summed E-state index contributed by atoms with van der Waals surface area (Å²) in [5.74, 6) is 0.946. The van der Waals surface area contributed by atoms with Crippen molar-refractivity contribution in [2.75, 3.05) is 32.6 Å². The molecule has 26 heavy (non-hydrogen) atoms. The Balaban J connectivity index is 1.62. The quantitative estimate of drug-likeness (QED) is 0.778. The second-order valence-electron chi connectivity index (χ2n) is 6.01. The lowest BCUT2D eigenvalue weighted by atomic mass is 10.2. The van der Waals surface area contributed by atoms with Crippen LogP contribution >= 0.6 is 11.3 Å². The van der Waals surface area contributed by atoms with Gasteiger partial charge in [-0.25, -0.2) is 8.42 Å². The molecule has 1 aliphatic heterocycles. The third-order valence-corrected chi connectivity index (χ3v) is 7.60. The summed E-state index contributed by atoms with van der Waals surface area (Å²) >= 11 is 1.44. The Bertz CT molecular complexity index is 848. The minimum absolute atomic E-state index is 0.0273. The number of hydrogen-bond donors (Lipinski definition) is 0. The van der Waals surface area contributed by atoms with Gasteiger partial charge in [0.05, 0.1) is 18.1 Å². The Labute approximate surface area is 157 Å². The number of hydrogen-bond acceptors (Lipinski definition) is 6. The highest BCUT2D eigenvalue weighted by atomic mass is 32.2. The van der Waals surface area contributed by atoms with Gasteiger partial charge in [-0.05, 0) is 30.0 Å². The number of carbonyl (C=O) groups is 1. The van der Waals surface area contributed by atoms with Crippen molar-refractivity contribution in [2.24, 2.45) is 0 Å². The van der Waals surface area contributed by atoms with Crippen LogP contribution in [0.15, 0.2) is 41.8 Å². The highest BCUT2D eigenvalue weighted by molar-refractivity contribution is 7.91. The Hall–Kier alpha value is -2.06. The summed E-state index contributed by atoms with van der Waals surface area (Å²) in [6.45, 7) is 0.476. The maximum Gasteiger partial charge on any atom is 0.260 e. The monoisotopic (exact) mass is 395 g/mol. The van der Waals surface area contributed by atoms with Gasteiger partial charge in [0.1, 0.15) is 11.5 Å². The highest BCUT2D eigenvalue weighted by Gasteiger charge is 2.33. The molecule has 140 valence electrons. The van der Waals surface area contributed by atoms with Crippen LogP contribution in [0, 0.1) is 0 Å². The molecule has 8 heteroatoms. The van der Waals surface area contributed by atoms with Crippen LogP contribution in [-0.4, -0.2) is 51.8 Å². The first-order valence-electron chi connectivity index (χ1n) is 8.29. The fraction of sp³-hybridized carbons (Fsp3) is 0.389. The number of thiophene rings is 1. The van der Waals surface area contributed by atoms with Crippen molar-refractivity contribution in [1.82, 2.24) is 4.90 Å². The molecule has 1 aliphatic rings. The van der Waals surface area contributed by atoms with Crippen molar-refractivity contribution < 1.29 is 22.7 Å². The Morgan fingerprint density at radius 2 is 2.04 bits per heavy atom. The molecule has 0 aliphatic carbocycles. The van der Waals surface area contributed by atoms with Gasteiger partial charge in [-0.1, -0.05) is 12.1 Å². The standard InChI is InChI=1S/C18H21NO5S2/c1-23-14-4-2-5-15(12-14)24-13-18(20)19-8-7-17(16-6-3-10-25-16)26(21,22)11-9-19/h2-6,10,12,17H,7-9,11,13H2,1H3. The van der Waals surface area contributed by atoms with Gasteiger partial charge in [-0.2, -0.15) is 0 Å². The maximum absolute atomic E-state index is 12.5. The molecule has 6 nitrogen and oxygen atoms in total. The number of ether oxygens (including phenoxy) is 2. The molecule has 1 atom stereocenters. The molecule has 1 saturated heterocycles. The largest absolute Gasteiger partial charge is 0.497 e. The number of rotatable bonds is 5. The number of methoxy groups -OCH3 is 1. The van der Waals surface area contributed by atoms with Crippen molar-refractivity contribution in [3.63, 3.8) is 0 Å². The molecule has 2 heterocycles. The first kappa shape index (κ1) is 18.7. The lowest BCUT2D eigenvalue weighted by Crippen LogP contribution is -2.37. The average Bonchev–Trinajstić information content (AvgIpc) is 3.11. The maximum atomic E-state index is 12.5. The van der Waals surface area contributed by atoms with Crippen LogP contribution in [0.1, 0.15) is 16.5 Å². The van der Waals surface area contributed by atoms with Gasteiger partial charge in [0.15, 0.2) is 16.4 Å². The van der Waals surface area contributed by atoms with Gasteiger partial charge in [0.25, 0.3) is 5.91 Å². The molecular weight excluding hydrogens is 374 g/mol. The summed E-state index contributed by atoms with van der Waals surface area (Å²) in [4.78, 5) is 14.9. The third-order valence-electron chi connectivity index (χ3n) is 4.36. The van der Waals surface area contributed by atoms with Gasteiger partial charge >= 0.3 is 0 Å². The van der Waals surface area contributed by atoms with Crippen LogP contribution in [0.4, 0.5) is 0 Å². The van der Waals surface area contributed by atoms with E-state index in [-0.39, 0.29) is 24.8 Å². The second-order valence-corrected chi connectivity index (χ2v) is 9.29. The van der Waals surface area contributed by atoms with Crippen LogP contribution < -0.4 is 9.47 Å². The molecule has 1 aromatic carbocycles. The summed E-state index contributed by atoms with van der Waals surface area (Å²) in [5.41, 5.74) is 0. The lowest BCUT2D eigenvalue weighted by Gasteiger charge is -2.20. The molecule has 3 rings (SSSR count). The van der Waals surface area contributed by atoms with E-state index in [2.05, 4.69) is 0 Å². The predicted molar refractivity (Wildman–Crippen MR) is 101 cm³/mol. The molecule has 0 bridgehead atoms. The fourth-order valence-corrected chi connectivity index (χ4v) is 5.92. The topological polar surface area (TPSA) is 72.9 Å². The summed E-state index contributed by atoms with van der Waals surface area (Å²) in [7, 11) is -1.70.